The van der Waals surface area contributed by atoms with Crippen molar-refractivity contribution in [3.05, 3.63) is 0 Å². The molecule has 0 aliphatic rings. The lowest BCUT2D eigenvalue weighted by Crippen LogP contribution is -1.91. The van der Waals surface area contributed by atoms with Crippen molar-refractivity contribution in [2.75, 3.05) is 13.2 Å². The van der Waals surface area contributed by atoms with Gasteiger partial charge in [-0.2, -0.15) is 5.26 Å². The van der Waals surface area contributed by atoms with E-state index in [0.29, 0.717) is 6.42 Å². The molecule has 2 heteroatoms. The topological polar surface area (TPSA) is 33.0 Å². The molecule has 0 fully saturated rings. The summed E-state index contributed by atoms with van der Waals surface area (Å²) < 4.78 is 4.98. The summed E-state index contributed by atoms with van der Waals surface area (Å²) in [5.41, 5.74) is 0. The molecule has 0 saturated carbocycles. The van der Waals surface area contributed by atoms with Gasteiger partial charge in [-0.3, -0.25) is 0 Å². The van der Waals surface area contributed by atoms with Crippen LogP contribution >= 0.6 is 0 Å². The van der Waals surface area contributed by atoms with E-state index in [0.717, 1.165) is 19.6 Å². The number of rotatable bonds is 4. The maximum atomic E-state index is 8.06. The Morgan fingerprint density at radius 3 is 2.88 bits per heavy atom. The van der Waals surface area contributed by atoms with Gasteiger partial charge in [0.25, 0.3) is 0 Å². The minimum Gasteiger partial charge on any atom is -0.382 e. The second-order valence-corrected chi connectivity index (χ2v) is 1.46. The quantitative estimate of drug-likeness (QED) is 0.515. The van der Waals surface area contributed by atoms with Gasteiger partial charge in [0, 0.05) is 19.6 Å². The summed E-state index contributed by atoms with van der Waals surface area (Å²) in [6, 6.07) is 2.05. The van der Waals surface area contributed by atoms with Crippen LogP contribution in [0, 0.1) is 11.3 Å². The molecule has 0 aliphatic carbocycles. The molecule has 0 aromatic carbocycles. The first-order valence-corrected chi connectivity index (χ1v) is 2.86. The molecule has 0 atom stereocenters. The van der Waals surface area contributed by atoms with E-state index in [9.17, 15) is 0 Å². The van der Waals surface area contributed by atoms with Gasteiger partial charge in [-0.1, -0.05) is 0 Å². The van der Waals surface area contributed by atoms with E-state index in [-0.39, 0.29) is 0 Å². The first kappa shape index (κ1) is 7.45. The van der Waals surface area contributed by atoms with Crippen LogP contribution in [0.2, 0.25) is 0 Å². The minimum atomic E-state index is 0.611. The Bertz CT molecular complexity index is 75.1. The zero-order valence-electron chi connectivity index (χ0n) is 5.18. The molecule has 0 unspecified atom stereocenters. The Labute approximate surface area is 50.1 Å². The van der Waals surface area contributed by atoms with E-state index in [1.54, 1.807) is 0 Å². The largest absolute Gasteiger partial charge is 0.382 e. The Morgan fingerprint density at radius 2 is 2.38 bits per heavy atom. The van der Waals surface area contributed by atoms with Crippen molar-refractivity contribution in [1.29, 1.82) is 5.26 Å². The van der Waals surface area contributed by atoms with Crippen LogP contribution in [0.5, 0.6) is 0 Å². The summed E-state index contributed by atoms with van der Waals surface area (Å²) in [6.45, 7) is 3.43. The van der Waals surface area contributed by atoms with Crippen molar-refractivity contribution < 1.29 is 4.74 Å². The molecule has 0 spiro atoms. The average molecular weight is 113 g/mol. The zero-order valence-corrected chi connectivity index (χ0v) is 5.18. The molecule has 0 aromatic heterocycles. The monoisotopic (exact) mass is 113 g/mol. The third-order valence-corrected chi connectivity index (χ3v) is 0.781. The van der Waals surface area contributed by atoms with Crippen molar-refractivity contribution in [3.63, 3.8) is 0 Å². The highest BCUT2D eigenvalue weighted by Gasteiger charge is 1.82. The number of nitrogens with zero attached hydrogens (tertiary/aromatic N) is 1. The Balaban J connectivity index is 2.65. The zero-order chi connectivity index (χ0) is 6.24. The summed E-state index contributed by atoms with van der Waals surface area (Å²) >= 11 is 0. The van der Waals surface area contributed by atoms with Gasteiger partial charge in [0.15, 0.2) is 0 Å². The standard InChI is InChI=1S/C6H11NO/c1-2-8-6-4-3-5-7/h2-4,6H2,1H3. The predicted octanol–water partition coefficient (Wildman–Crippen LogP) is 1.33. The Kier molecular flexibility index (Phi) is 6.01. The van der Waals surface area contributed by atoms with Crippen LogP contribution in [-0.4, -0.2) is 13.2 Å². The minimum absolute atomic E-state index is 0.611. The third-order valence-electron chi connectivity index (χ3n) is 0.781. The second kappa shape index (κ2) is 6.45. The summed E-state index contributed by atoms with van der Waals surface area (Å²) in [4.78, 5) is 0. The molecule has 0 bridgehead atoms. The van der Waals surface area contributed by atoms with Crippen LogP contribution in [0.4, 0.5) is 0 Å². The highest BCUT2D eigenvalue weighted by molar-refractivity contribution is 4.67. The highest BCUT2D eigenvalue weighted by Crippen LogP contribution is 1.85. The molecule has 0 radical (unpaired) electrons. The average Bonchev–Trinajstić information content (AvgIpc) is 1.81. The first-order chi connectivity index (χ1) is 3.91. The van der Waals surface area contributed by atoms with E-state index < -0.39 is 0 Å². The third kappa shape index (κ3) is 5.45. The molecule has 8 heavy (non-hydrogen) atoms. The molecule has 0 amide bonds. The van der Waals surface area contributed by atoms with Crippen LogP contribution in [-0.2, 0) is 4.74 Å². The fourth-order valence-corrected chi connectivity index (χ4v) is 0.398. The maximum absolute atomic E-state index is 8.06. The number of nitriles is 1. The van der Waals surface area contributed by atoms with Gasteiger partial charge in [-0.25, -0.2) is 0 Å². The maximum Gasteiger partial charge on any atom is 0.0622 e. The smallest absolute Gasteiger partial charge is 0.0622 e. The number of ether oxygens (including phenoxy) is 1. The normalized spacial score (nSPS) is 8.50. The molecule has 0 aromatic rings. The van der Waals surface area contributed by atoms with E-state index in [4.69, 9.17) is 10.00 Å². The van der Waals surface area contributed by atoms with E-state index in [1.165, 1.54) is 0 Å². The van der Waals surface area contributed by atoms with Gasteiger partial charge in [0.05, 0.1) is 6.07 Å². The highest BCUT2D eigenvalue weighted by atomic mass is 16.5. The van der Waals surface area contributed by atoms with Gasteiger partial charge in [0.1, 0.15) is 0 Å². The van der Waals surface area contributed by atoms with Gasteiger partial charge in [-0.05, 0) is 13.3 Å². The van der Waals surface area contributed by atoms with Crippen LogP contribution in [0.25, 0.3) is 0 Å². The number of unbranched alkanes of at least 4 members (excludes halogenated alkanes) is 1. The van der Waals surface area contributed by atoms with Gasteiger partial charge in [0.2, 0.25) is 0 Å². The summed E-state index contributed by atoms with van der Waals surface area (Å²) in [6.07, 6.45) is 1.48. The van der Waals surface area contributed by atoms with Crippen LogP contribution in [0.15, 0.2) is 0 Å². The SMILES string of the molecule is CCOCCCC#N. The van der Waals surface area contributed by atoms with Crippen LogP contribution in [0.1, 0.15) is 19.8 Å². The fourth-order valence-electron chi connectivity index (χ4n) is 0.398. The van der Waals surface area contributed by atoms with Crippen molar-refractivity contribution in [1.82, 2.24) is 0 Å². The molecule has 46 valence electrons. The van der Waals surface area contributed by atoms with E-state index in [1.807, 2.05) is 13.0 Å². The molecular weight excluding hydrogens is 102 g/mol. The summed E-state index contributed by atoms with van der Waals surface area (Å²) in [7, 11) is 0. The Morgan fingerprint density at radius 1 is 1.62 bits per heavy atom. The van der Waals surface area contributed by atoms with Crippen molar-refractivity contribution in [3.8, 4) is 6.07 Å². The lowest BCUT2D eigenvalue weighted by Gasteiger charge is -1.93. The Hall–Kier alpha value is -0.550. The molecule has 0 heterocycles. The van der Waals surface area contributed by atoms with Crippen molar-refractivity contribution >= 4 is 0 Å². The number of hydrogen-bond acceptors (Lipinski definition) is 2. The first-order valence-electron chi connectivity index (χ1n) is 2.86. The predicted molar refractivity (Wildman–Crippen MR) is 31.3 cm³/mol. The van der Waals surface area contributed by atoms with Crippen molar-refractivity contribution in [2.45, 2.75) is 19.8 Å². The van der Waals surface area contributed by atoms with Crippen LogP contribution < -0.4 is 0 Å². The summed E-state index contributed by atoms with van der Waals surface area (Å²) in [5.74, 6) is 0. The molecular formula is C6H11NO. The van der Waals surface area contributed by atoms with E-state index >= 15 is 0 Å². The fraction of sp³-hybridized carbons (Fsp3) is 0.833. The second-order valence-electron chi connectivity index (χ2n) is 1.46. The van der Waals surface area contributed by atoms with Gasteiger partial charge < -0.3 is 4.74 Å². The molecule has 0 saturated heterocycles. The lowest BCUT2D eigenvalue weighted by atomic mass is 10.3. The summed E-state index contributed by atoms with van der Waals surface area (Å²) in [5, 5.41) is 8.06. The molecule has 0 aliphatic heterocycles. The van der Waals surface area contributed by atoms with Gasteiger partial charge in [-0.15, -0.1) is 0 Å². The molecule has 0 N–H and O–H groups in total. The molecule has 0 rings (SSSR count). The number of hydrogen-bond donors (Lipinski definition) is 0. The lowest BCUT2D eigenvalue weighted by molar-refractivity contribution is 0.146. The van der Waals surface area contributed by atoms with Crippen LogP contribution in [0.3, 0.4) is 0 Å². The van der Waals surface area contributed by atoms with Crippen molar-refractivity contribution in [2.24, 2.45) is 0 Å². The molecule has 2 nitrogen and oxygen atoms in total. The van der Waals surface area contributed by atoms with E-state index in [2.05, 4.69) is 0 Å². The van der Waals surface area contributed by atoms with Gasteiger partial charge >= 0.3 is 0 Å².